The van der Waals surface area contributed by atoms with Gasteiger partial charge in [0.25, 0.3) is 0 Å². The summed E-state index contributed by atoms with van der Waals surface area (Å²) >= 11 is 5.11. The summed E-state index contributed by atoms with van der Waals surface area (Å²) in [6.45, 7) is 2.34. The molecule has 1 heterocycles. The van der Waals surface area contributed by atoms with Crippen molar-refractivity contribution >= 4 is 40.1 Å². The summed E-state index contributed by atoms with van der Waals surface area (Å²) in [6.07, 6.45) is 9.87. The number of anilines is 1. The molecule has 1 aliphatic carbocycles. The molecule has 0 saturated carbocycles. The van der Waals surface area contributed by atoms with Gasteiger partial charge in [-0.15, -0.1) is 12.6 Å². The highest BCUT2D eigenvalue weighted by molar-refractivity contribution is 7.80. The Morgan fingerprint density at radius 1 is 0.500 bits per heavy atom. The van der Waals surface area contributed by atoms with E-state index < -0.39 is 0 Å². The van der Waals surface area contributed by atoms with Gasteiger partial charge in [-0.1, -0.05) is 140 Å². The molecular weight excluding hydrogens is 649 g/mol. The number of aromatic nitrogens is 1. The van der Waals surface area contributed by atoms with Crippen LogP contribution in [0.3, 0.4) is 0 Å². The zero-order valence-electron chi connectivity index (χ0n) is 29.0. The number of thiol groups is 1. The lowest BCUT2D eigenvalue weighted by molar-refractivity contribution is 0.437. The summed E-state index contributed by atoms with van der Waals surface area (Å²) in [4.78, 5) is 0.987. The van der Waals surface area contributed by atoms with Gasteiger partial charge in [-0.25, -0.2) is 0 Å². The predicted molar refractivity (Wildman–Crippen MR) is 225 cm³/mol. The molecule has 0 saturated heterocycles. The van der Waals surface area contributed by atoms with E-state index in [9.17, 15) is 0 Å². The summed E-state index contributed by atoms with van der Waals surface area (Å²) in [5, 5.41) is 2.48. The van der Waals surface area contributed by atoms with E-state index in [2.05, 4.69) is 175 Å². The summed E-state index contributed by atoms with van der Waals surface area (Å²) in [7, 11) is 0. The highest BCUT2D eigenvalue weighted by Crippen LogP contribution is 2.43. The maximum atomic E-state index is 6.35. The number of hydrogen-bond acceptors (Lipinski definition) is 2. The molecule has 0 fully saturated rings. The molecule has 2 nitrogen and oxygen atoms in total. The van der Waals surface area contributed by atoms with Crippen molar-refractivity contribution in [2.75, 3.05) is 5.73 Å². The van der Waals surface area contributed by atoms with Crippen LogP contribution in [0.2, 0.25) is 0 Å². The minimum Gasteiger partial charge on any atom is -0.398 e. The van der Waals surface area contributed by atoms with E-state index in [4.69, 9.17) is 18.4 Å². The van der Waals surface area contributed by atoms with Crippen LogP contribution in [-0.4, -0.2) is 4.57 Å². The van der Waals surface area contributed by atoms with Crippen molar-refractivity contribution in [3.63, 3.8) is 0 Å². The van der Waals surface area contributed by atoms with Crippen LogP contribution in [0.15, 0.2) is 187 Å². The van der Waals surface area contributed by atoms with Gasteiger partial charge in [-0.3, -0.25) is 0 Å². The average Bonchev–Trinajstić information content (AvgIpc) is 3.53. The maximum Gasteiger partial charge on any atom is 0.0643 e. The van der Waals surface area contributed by atoms with Crippen molar-refractivity contribution in [1.82, 2.24) is 4.57 Å². The fraction of sp³-hybridized carbons (Fsp3) is 0.0612. The molecule has 250 valence electrons. The summed E-state index contributed by atoms with van der Waals surface area (Å²) in [5.74, 6) is 0. The number of fused-ring (bicyclic) bond motifs is 3. The van der Waals surface area contributed by atoms with Crippen molar-refractivity contribution in [3.8, 4) is 55.6 Å². The molecule has 0 radical (unpaired) electrons. The van der Waals surface area contributed by atoms with Crippen LogP contribution < -0.4 is 5.73 Å². The second kappa shape index (κ2) is 12.9. The minimum atomic E-state index is -0.188. The van der Waals surface area contributed by atoms with Gasteiger partial charge in [0.15, 0.2) is 0 Å². The van der Waals surface area contributed by atoms with E-state index in [-0.39, 0.29) is 5.54 Å². The van der Waals surface area contributed by atoms with E-state index in [0.717, 1.165) is 50.4 Å². The van der Waals surface area contributed by atoms with Crippen LogP contribution in [-0.2, 0) is 5.54 Å². The topological polar surface area (TPSA) is 30.9 Å². The van der Waals surface area contributed by atoms with Crippen LogP contribution in [0, 0.1) is 0 Å². The van der Waals surface area contributed by atoms with E-state index >= 15 is 0 Å². The fourth-order valence-electron chi connectivity index (χ4n) is 7.93. The maximum absolute atomic E-state index is 6.35. The highest BCUT2D eigenvalue weighted by atomic mass is 32.1. The summed E-state index contributed by atoms with van der Waals surface area (Å²) in [6, 6.07) is 56.5. The second-order valence-corrected chi connectivity index (χ2v) is 14.4. The number of rotatable bonds is 6. The average molecular weight is 687 g/mol. The first-order valence-corrected chi connectivity index (χ1v) is 18.3. The van der Waals surface area contributed by atoms with Gasteiger partial charge in [0.05, 0.1) is 5.54 Å². The van der Waals surface area contributed by atoms with Gasteiger partial charge in [0.2, 0.25) is 0 Å². The van der Waals surface area contributed by atoms with E-state index in [1.54, 1.807) is 0 Å². The van der Waals surface area contributed by atoms with Gasteiger partial charge in [0, 0.05) is 38.0 Å². The number of nitrogens with two attached hydrogens (primary N) is 1. The van der Waals surface area contributed by atoms with Gasteiger partial charge in [-0.2, -0.15) is 0 Å². The Labute approximate surface area is 310 Å². The molecule has 9 rings (SSSR count). The van der Waals surface area contributed by atoms with Crippen LogP contribution in [0.1, 0.15) is 13.3 Å². The normalized spacial score (nSPS) is 15.4. The zero-order chi connectivity index (χ0) is 35.2. The Kier molecular flexibility index (Phi) is 7.94. The first kappa shape index (κ1) is 31.9. The zero-order valence-corrected chi connectivity index (χ0v) is 29.9. The Hall–Kier alpha value is -6.03. The standard InChI is InChI=1S/C49H38N2S/c1-49(27-8-3-9-28-49)51-46-25-23-37(35-16-10-15-34(29-35)36-17-11-18-38(30-36)40-19-6-7-22-45(40)50)31-43(46)44-32-39(24-26-47(44)51)42-21-12-20-41(48(42)52)33-13-4-2-5-14-33/h2-27,29-32,52H,28,50H2,1H3. The third-order valence-corrected chi connectivity index (χ3v) is 11.1. The molecule has 0 bridgehead atoms. The fourth-order valence-corrected chi connectivity index (χ4v) is 8.34. The first-order chi connectivity index (χ1) is 25.5. The predicted octanol–water partition coefficient (Wildman–Crippen LogP) is 13.2. The molecule has 52 heavy (non-hydrogen) atoms. The number of allylic oxidation sites excluding steroid dienone is 4. The first-order valence-electron chi connectivity index (χ1n) is 17.8. The van der Waals surface area contributed by atoms with Crippen LogP contribution in [0.4, 0.5) is 5.69 Å². The van der Waals surface area contributed by atoms with Crippen molar-refractivity contribution in [2.45, 2.75) is 23.8 Å². The van der Waals surface area contributed by atoms with Crippen molar-refractivity contribution in [3.05, 3.63) is 182 Å². The van der Waals surface area contributed by atoms with E-state index in [1.807, 2.05) is 18.2 Å². The Bertz CT molecular complexity index is 2700. The van der Waals surface area contributed by atoms with Crippen LogP contribution >= 0.6 is 12.6 Å². The molecule has 1 atom stereocenters. The lowest BCUT2D eigenvalue weighted by atomic mass is 9.92. The number of hydrogen-bond donors (Lipinski definition) is 2. The third kappa shape index (κ3) is 5.55. The van der Waals surface area contributed by atoms with Gasteiger partial charge < -0.3 is 10.3 Å². The Morgan fingerprint density at radius 3 is 1.67 bits per heavy atom. The van der Waals surface area contributed by atoms with Crippen molar-refractivity contribution in [2.24, 2.45) is 0 Å². The van der Waals surface area contributed by atoms with Crippen molar-refractivity contribution < 1.29 is 0 Å². The van der Waals surface area contributed by atoms with Crippen LogP contribution in [0.5, 0.6) is 0 Å². The molecule has 1 unspecified atom stereocenters. The lowest BCUT2D eigenvalue weighted by Gasteiger charge is -2.31. The van der Waals surface area contributed by atoms with Crippen molar-refractivity contribution in [1.29, 1.82) is 0 Å². The van der Waals surface area contributed by atoms with Gasteiger partial charge in [0.1, 0.15) is 0 Å². The van der Waals surface area contributed by atoms with Gasteiger partial charge in [-0.05, 0) is 106 Å². The molecule has 0 spiro atoms. The highest BCUT2D eigenvalue weighted by Gasteiger charge is 2.28. The minimum absolute atomic E-state index is 0.188. The molecule has 0 aliphatic heterocycles. The summed E-state index contributed by atoms with van der Waals surface area (Å²) < 4.78 is 2.53. The second-order valence-electron chi connectivity index (χ2n) is 14.0. The molecule has 0 amide bonds. The van der Waals surface area contributed by atoms with E-state index in [0.29, 0.717) is 0 Å². The molecule has 1 aliphatic rings. The summed E-state index contributed by atoms with van der Waals surface area (Å²) in [5.41, 5.74) is 20.9. The third-order valence-electron chi connectivity index (χ3n) is 10.6. The molecule has 8 aromatic rings. The monoisotopic (exact) mass is 686 g/mol. The number of para-hydroxylation sites is 1. The Morgan fingerprint density at radius 2 is 1.00 bits per heavy atom. The molecular formula is C49H38N2S. The Balaban J connectivity index is 1.19. The SMILES string of the molecule is CC1(n2c3ccc(-c4cccc(-c5cccc(-c6ccccc6N)c5)c4)cc3c3cc(-c4cccc(-c5ccccc5)c4S)ccc32)C=CC=CC1. The molecule has 3 heteroatoms. The lowest BCUT2D eigenvalue weighted by Crippen LogP contribution is -2.27. The number of benzene rings is 7. The smallest absolute Gasteiger partial charge is 0.0643 e. The van der Waals surface area contributed by atoms with Crippen LogP contribution in [0.25, 0.3) is 77.4 Å². The van der Waals surface area contributed by atoms with Gasteiger partial charge >= 0.3 is 0 Å². The molecule has 1 aromatic heterocycles. The molecule has 2 N–H and O–H groups in total. The largest absolute Gasteiger partial charge is 0.398 e. The number of nitrogen functional groups attached to an aromatic ring is 1. The molecule has 7 aromatic carbocycles. The quantitative estimate of drug-likeness (QED) is 0.132. The number of nitrogens with zero attached hydrogens (tertiary/aromatic N) is 1. The van der Waals surface area contributed by atoms with E-state index in [1.165, 1.54) is 44.1 Å².